The predicted octanol–water partition coefficient (Wildman–Crippen LogP) is 2.93. The van der Waals surface area contributed by atoms with Gasteiger partial charge in [0.25, 0.3) is 5.91 Å². The highest BCUT2D eigenvalue weighted by Gasteiger charge is 2.29. The first-order valence-corrected chi connectivity index (χ1v) is 12.1. The van der Waals surface area contributed by atoms with E-state index in [0.29, 0.717) is 38.2 Å². The molecule has 1 unspecified atom stereocenters. The molecule has 3 aromatic rings. The molecular weight excluding hydrogens is 460 g/mol. The summed E-state index contributed by atoms with van der Waals surface area (Å²) < 4.78 is 10.2. The summed E-state index contributed by atoms with van der Waals surface area (Å²) in [5.41, 5.74) is 1.36. The zero-order chi connectivity index (χ0) is 25.3. The summed E-state index contributed by atoms with van der Waals surface area (Å²) in [6, 6.07) is 15.6. The van der Waals surface area contributed by atoms with Crippen molar-refractivity contribution in [2.24, 2.45) is 0 Å². The first-order valence-electron chi connectivity index (χ1n) is 12.1. The number of nitrogens with zero attached hydrogens (tertiary/aromatic N) is 3. The molecule has 1 atom stereocenters. The third-order valence-electron chi connectivity index (χ3n) is 6.02. The van der Waals surface area contributed by atoms with E-state index in [-0.39, 0.29) is 11.7 Å². The van der Waals surface area contributed by atoms with Crippen LogP contribution in [0.25, 0.3) is 0 Å². The van der Waals surface area contributed by atoms with Crippen LogP contribution in [0.15, 0.2) is 71.5 Å². The number of pyridine rings is 1. The van der Waals surface area contributed by atoms with Gasteiger partial charge >= 0.3 is 5.97 Å². The lowest BCUT2D eigenvalue weighted by Crippen LogP contribution is -2.50. The lowest BCUT2D eigenvalue weighted by Gasteiger charge is -2.27. The molecule has 1 N–H and O–H groups in total. The maximum atomic E-state index is 13.6. The van der Waals surface area contributed by atoms with Gasteiger partial charge in [-0.1, -0.05) is 30.3 Å². The molecule has 2 amide bonds. The number of anilines is 1. The molecular formula is C27H30N4O5. The highest BCUT2D eigenvalue weighted by atomic mass is 16.5. The van der Waals surface area contributed by atoms with Gasteiger partial charge in [-0.15, -0.1) is 0 Å². The van der Waals surface area contributed by atoms with Crippen LogP contribution in [0, 0.1) is 0 Å². The van der Waals surface area contributed by atoms with Crippen molar-refractivity contribution in [1.29, 1.82) is 0 Å². The summed E-state index contributed by atoms with van der Waals surface area (Å²) in [6.45, 7) is 4.43. The van der Waals surface area contributed by atoms with Crippen LogP contribution in [0.2, 0.25) is 0 Å². The molecule has 2 aromatic heterocycles. The summed E-state index contributed by atoms with van der Waals surface area (Å²) in [5, 5.41) is 2.86. The smallest absolute Gasteiger partial charge is 0.339 e. The second kappa shape index (κ2) is 12.0. The van der Waals surface area contributed by atoms with Crippen LogP contribution in [-0.2, 0) is 16.0 Å². The van der Waals surface area contributed by atoms with Gasteiger partial charge in [-0.05, 0) is 43.2 Å². The molecule has 0 saturated carbocycles. The molecule has 9 heteroatoms. The molecule has 0 aliphatic carbocycles. The van der Waals surface area contributed by atoms with E-state index in [2.05, 4.69) is 15.2 Å². The van der Waals surface area contributed by atoms with Crippen molar-refractivity contribution in [3.8, 4) is 0 Å². The summed E-state index contributed by atoms with van der Waals surface area (Å²) >= 11 is 0. The number of aromatic nitrogens is 1. The number of amides is 2. The van der Waals surface area contributed by atoms with E-state index in [9.17, 15) is 14.4 Å². The Kier molecular flexibility index (Phi) is 8.33. The fourth-order valence-corrected chi connectivity index (χ4v) is 4.18. The maximum Gasteiger partial charge on any atom is 0.339 e. The van der Waals surface area contributed by atoms with Gasteiger partial charge in [0.15, 0.2) is 5.76 Å². The van der Waals surface area contributed by atoms with Gasteiger partial charge in [0.2, 0.25) is 5.91 Å². The van der Waals surface area contributed by atoms with E-state index >= 15 is 0 Å². The monoisotopic (exact) mass is 490 g/mol. The minimum Gasteiger partial charge on any atom is -0.462 e. The highest BCUT2D eigenvalue weighted by Crippen LogP contribution is 2.16. The number of esters is 1. The van der Waals surface area contributed by atoms with Gasteiger partial charge in [-0.2, -0.15) is 0 Å². The second-order valence-electron chi connectivity index (χ2n) is 8.48. The minimum absolute atomic E-state index is 0.133. The van der Waals surface area contributed by atoms with E-state index in [0.717, 1.165) is 24.3 Å². The van der Waals surface area contributed by atoms with Crippen LogP contribution in [-0.4, -0.2) is 66.5 Å². The van der Waals surface area contributed by atoms with Gasteiger partial charge in [0.05, 0.1) is 18.4 Å². The largest absolute Gasteiger partial charge is 0.462 e. The molecule has 1 aromatic carbocycles. The van der Waals surface area contributed by atoms with Crippen LogP contribution >= 0.6 is 0 Å². The minimum atomic E-state index is -0.724. The molecule has 4 rings (SSSR count). The first kappa shape index (κ1) is 25.0. The van der Waals surface area contributed by atoms with Crippen LogP contribution in [0.1, 0.15) is 39.8 Å². The molecule has 1 saturated heterocycles. The van der Waals surface area contributed by atoms with Gasteiger partial charge in [0, 0.05) is 38.8 Å². The quantitative estimate of drug-likeness (QED) is 0.484. The van der Waals surface area contributed by atoms with Gasteiger partial charge in [0.1, 0.15) is 11.9 Å². The van der Waals surface area contributed by atoms with E-state index in [1.165, 1.54) is 12.5 Å². The number of furan rings is 1. The molecule has 188 valence electrons. The van der Waals surface area contributed by atoms with Crippen LogP contribution < -0.4 is 10.2 Å². The Morgan fingerprint density at radius 2 is 1.86 bits per heavy atom. The lowest BCUT2D eigenvalue weighted by atomic mass is 10.0. The number of carbonyl (C=O) groups is 3. The van der Waals surface area contributed by atoms with Crippen LogP contribution in [0.3, 0.4) is 0 Å². The number of carbonyl (C=O) groups excluding carboxylic acids is 3. The fourth-order valence-electron chi connectivity index (χ4n) is 4.18. The van der Waals surface area contributed by atoms with Crippen molar-refractivity contribution in [2.45, 2.75) is 25.8 Å². The molecule has 3 heterocycles. The zero-order valence-corrected chi connectivity index (χ0v) is 20.3. The molecule has 0 radical (unpaired) electrons. The van der Waals surface area contributed by atoms with Crippen molar-refractivity contribution in [2.75, 3.05) is 37.7 Å². The summed E-state index contributed by atoms with van der Waals surface area (Å²) in [4.78, 5) is 46.5. The Morgan fingerprint density at radius 1 is 1.03 bits per heavy atom. The number of hydrogen-bond donors (Lipinski definition) is 1. The van der Waals surface area contributed by atoms with Crippen LogP contribution in [0.4, 0.5) is 5.82 Å². The van der Waals surface area contributed by atoms with Crippen molar-refractivity contribution in [3.05, 3.63) is 83.9 Å². The zero-order valence-electron chi connectivity index (χ0n) is 20.3. The average Bonchev–Trinajstić information content (AvgIpc) is 3.34. The Bertz CT molecular complexity index is 1150. The van der Waals surface area contributed by atoms with E-state index in [1.54, 1.807) is 36.1 Å². The summed E-state index contributed by atoms with van der Waals surface area (Å²) in [7, 11) is 0. The summed E-state index contributed by atoms with van der Waals surface area (Å²) in [5.74, 6) is -0.0439. The standard InChI is InChI=1S/C27H30N4O5/c1-2-35-27(34)21-11-12-24(28-19-21)30-13-7-14-31(16-15-30)26(33)22(18-20-8-4-3-5-9-20)29-25(32)23-10-6-17-36-23/h3-6,8-12,17,19,22H,2,7,13-16,18H2,1H3,(H,29,32). The van der Waals surface area contributed by atoms with Crippen LogP contribution in [0.5, 0.6) is 0 Å². The third kappa shape index (κ3) is 6.29. The van der Waals surface area contributed by atoms with E-state index in [1.807, 2.05) is 30.3 Å². The Hall–Kier alpha value is -4.14. The lowest BCUT2D eigenvalue weighted by molar-refractivity contribution is -0.133. The van der Waals surface area contributed by atoms with Crippen molar-refractivity contribution < 1.29 is 23.5 Å². The molecule has 1 aliphatic heterocycles. The normalized spacial score (nSPS) is 14.6. The van der Waals surface area contributed by atoms with Crippen molar-refractivity contribution in [3.63, 3.8) is 0 Å². The Labute approximate surface area is 210 Å². The second-order valence-corrected chi connectivity index (χ2v) is 8.48. The maximum absolute atomic E-state index is 13.6. The van der Waals surface area contributed by atoms with Gasteiger partial charge in [-0.25, -0.2) is 9.78 Å². The summed E-state index contributed by atoms with van der Waals surface area (Å²) in [6.07, 6.45) is 4.07. The fraction of sp³-hybridized carbons (Fsp3) is 0.333. The molecule has 0 bridgehead atoms. The van der Waals surface area contributed by atoms with Gasteiger partial charge in [-0.3, -0.25) is 9.59 Å². The van der Waals surface area contributed by atoms with E-state index < -0.39 is 17.9 Å². The predicted molar refractivity (Wildman–Crippen MR) is 134 cm³/mol. The molecule has 1 aliphatic rings. The first-order chi connectivity index (χ1) is 17.5. The van der Waals surface area contributed by atoms with Gasteiger partial charge < -0.3 is 24.3 Å². The third-order valence-corrected chi connectivity index (χ3v) is 6.02. The number of hydrogen-bond acceptors (Lipinski definition) is 7. The van der Waals surface area contributed by atoms with Crippen molar-refractivity contribution in [1.82, 2.24) is 15.2 Å². The molecule has 36 heavy (non-hydrogen) atoms. The topological polar surface area (TPSA) is 105 Å². The number of benzene rings is 1. The van der Waals surface area contributed by atoms with E-state index in [4.69, 9.17) is 9.15 Å². The number of ether oxygens (including phenoxy) is 1. The SMILES string of the molecule is CCOC(=O)c1ccc(N2CCCN(C(=O)C(Cc3ccccc3)NC(=O)c3ccco3)CC2)nc1. The Morgan fingerprint density at radius 3 is 2.56 bits per heavy atom. The highest BCUT2D eigenvalue weighted by molar-refractivity contribution is 5.95. The average molecular weight is 491 g/mol. The van der Waals surface area contributed by atoms with Crippen molar-refractivity contribution >= 4 is 23.6 Å². The number of rotatable bonds is 8. The number of nitrogens with one attached hydrogen (secondary N) is 1. The molecule has 1 fully saturated rings. The molecule has 9 nitrogen and oxygen atoms in total. The molecule has 0 spiro atoms. The Balaban J connectivity index is 1.43.